The summed E-state index contributed by atoms with van der Waals surface area (Å²) in [7, 11) is 0. The highest BCUT2D eigenvalue weighted by Gasteiger charge is 2.13. The van der Waals surface area contributed by atoms with Crippen LogP contribution in [0.2, 0.25) is 0 Å². The van der Waals surface area contributed by atoms with Crippen molar-refractivity contribution < 1.29 is 0 Å². The SMILES string of the molecule is CSc1cccc(NCCN(C(C)C)C(C)C)c1C#N. The molecule has 1 aromatic rings. The average Bonchev–Trinajstić information content (AvgIpc) is 2.42. The zero-order valence-electron chi connectivity index (χ0n) is 13.1. The molecule has 4 heteroatoms. The summed E-state index contributed by atoms with van der Waals surface area (Å²) in [4.78, 5) is 3.47. The minimum Gasteiger partial charge on any atom is -0.383 e. The van der Waals surface area contributed by atoms with Crippen molar-refractivity contribution >= 4 is 17.4 Å². The monoisotopic (exact) mass is 291 g/mol. The fraction of sp³-hybridized carbons (Fsp3) is 0.562. The number of hydrogen-bond acceptors (Lipinski definition) is 4. The third-order valence-corrected chi connectivity index (χ3v) is 4.15. The van der Waals surface area contributed by atoms with Crippen molar-refractivity contribution in [1.29, 1.82) is 5.26 Å². The second-order valence-electron chi connectivity index (χ2n) is 5.35. The fourth-order valence-electron chi connectivity index (χ4n) is 2.40. The first-order valence-corrected chi connectivity index (χ1v) is 8.30. The van der Waals surface area contributed by atoms with Gasteiger partial charge in [-0.25, -0.2) is 0 Å². The Morgan fingerprint density at radius 3 is 2.40 bits per heavy atom. The van der Waals surface area contributed by atoms with E-state index in [2.05, 4.69) is 44.0 Å². The Kier molecular flexibility index (Phi) is 6.90. The van der Waals surface area contributed by atoms with Crippen molar-refractivity contribution in [3.8, 4) is 6.07 Å². The maximum absolute atomic E-state index is 9.30. The third-order valence-electron chi connectivity index (χ3n) is 3.37. The number of nitriles is 1. The first-order chi connectivity index (χ1) is 9.51. The minimum atomic E-state index is 0.532. The molecule has 0 fully saturated rings. The van der Waals surface area contributed by atoms with Crippen molar-refractivity contribution in [2.24, 2.45) is 0 Å². The van der Waals surface area contributed by atoms with E-state index in [0.29, 0.717) is 12.1 Å². The van der Waals surface area contributed by atoms with Gasteiger partial charge in [-0.1, -0.05) is 6.07 Å². The van der Waals surface area contributed by atoms with Crippen molar-refractivity contribution in [3.63, 3.8) is 0 Å². The molecule has 0 bridgehead atoms. The topological polar surface area (TPSA) is 39.1 Å². The molecule has 0 aromatic heterocycles. The van der Waals surface area contributed by atoms with Gasteiger partial charge in [-0.2, -0.15) is 5.26 Å². The van der Waals surface area contributed by atoms with Crippen LogP contribution in [0.15, 0.2) is 23.1 Å². The molecule has 0 aliphatic rings. The lowest BCUT2D eigenvalue weighted by Gasteiger charge is -2.30. The summed E-state index contributed by atoms with van der Waals surface area (Å²) < 4.78 is 0. The number of hydrogen-bond donors (Lipinski definition) is 1. The van der Waals surface area contributed by atoms with Gasteiger partial charge in [0, 0.05) is 30.1 Å². The summed E-state index contributed by atoms with van der Waals surface area (Å²) in [6, 6.07) is 9.33. The molecule has 1 aromatic carbocycles. The Bertz CT molecular complexity index is 455. The van der Waals surface area contributed by atoms with Gasteiger partial charge in [-0.15, -0.1) is 11.8 Å². The lowest BCUT2D eigenvalue weighted by Crippen LogP contribution is -2.40. The maximum Gasteiger partial charge on any atom is 0.102 e. The molecule has 0 spiro atoms. The summed E-state index contributed by atoms with van der Waals surface area (Å²) in [6.07, 6.45) is 2.00. The number of rotatable bonds is 7. The van der Waals surface area contributed by atoms with Crippen molar-refractivity contribution in [2.75, 3.05) is 24.7 Å². The molecule has 1 N–H and O–H groups in total. The summed E-state index contributed by atoms with van der Waals surface area (Å²) in [6.45, 7) is 10.7. The van der Waals surface area contributed by atoms with E-state index in [9.17, 15) is 5.26 Å². The smallest absolute Gasteiger partial charge is 0.102 e. The van der Waals surface area contributed by atoms with Crippen molar-refractivity contribution in [1.82, 2.24) is 4.90 Å². The molecule has 0 aliphatic carbocycles. The Balaban J connectivity index is 2.69. The standard InChI is InChI=1S/C16H25N3S/c1-12(2)19(13(3)4)10-9-18-15-7-6-8-16(20-5)14(15)11-17/h6-8,12-13,18H,9-10H2,1-5H3. The second-order valence-corrected chi connectivity index (χ2v) is 6.19. The summed E-state index contributed by atoms with van der Waals surface area (Å²) in [5, 5.41) is 12.7. The predicted octanol–water partition coefficient (Wildman–Crippen LogP) is 3.81. The van der Waals surface area contributed by atoms with Gasteiger partial charge in [-0.05, 0) is 46.1 Å². The fourth-order valence-corrected chi connectivity index (χ4v) is 2.97. The van der Waals surface area contributed by atoms with Crippen LogP contribution in [0.4, 0.5) is 5.69 Å². The van der Waals surface area contributed by atoms with Crippen molar-refractivity contribution in [3.05, 3.63) is 23.8 Å². The van der Waals surface area contributed by atoms with Gasteiger partial charge in [0.05, 0.1) is 11.3 Å². The van der Waals surface area contributed by atoms with Gasteiger partial charge in [-0.3, -0.25) is 4.90 Å². The molecular formula is C16H25N3S. The van der Waals surface area contributed by atoms with Crippen LogP contribution in [0.5, 0.6) is 0 Å². The maximum atomic E-state index is 9.30. The summed E-state index contributed by atoms with van der Waals surface area (Å²) in [5.74, 6) is 0. The van der Waals surface area contributed by atoms with Gasteiger partial charge < -0.3 is 5.32 Å². The second kappa shape index (κ2) is 8.18. The van der Waals surface area contributed by atoms with E-state index in [1.807, 2.05) is 24.5 Å². The molecule has 0 heterocycles. The number of thioether (sulfide) groups is 1. The Labute approximate surface area is 127 Å². The van der Waals surface area contributed by atoms with Crippen LogP contribution in [0.3, 0.4) is 0 Å². The normalized spacial score (nSPS) is 11.2. The van der Waals surface area contributed by atoms with E-state index >= 15 is 0 Å². The molecule has 0 aliphatic heterocycles. The quantitative estimate of drug-likeness (QED) is 0.775. The highest BCUT2D eigenvalue weighted by molar-refractivity contribution is 7.98. The molecule has 1 rings (SSSR count). The third kappa shape index (κ3) is 4.43. The lowest BCUT2D eigenvalue weighted by atomic mass is 10.2. The van der Waals surface area contributed by atoms with E-state index < -0.39 is 0 Å². The van der Waals surface area contributed by atoms with Gasteiger partial charge in [0.2, 0.25) is 0 Å². The van der Waals surface area contributed by atoms with Crippen LogP contribution < -0.4 is 5.32 Å². The molecule has 110 valence electrons. The van der Waals surface area contributed by atoms with Gasteiger partial charge >= 0.3 is 0 Å². The Morgan fingerprint density at radius 2 is 1.90 bits per heavy atom. The van der Waals surface area contributed by atoms with E-state index in [1.165, 1.54) is 0 Å². The van der Waals surface area contributed by atoms with Crippen LogP contribution >= 0.6 is 11.8 Å². The van der Waals surface area contributed by atoms with Crippen LogP contribution in [0, 0.1) is 11.3 Å². The summed E-state index contributed by atoms with van der Waals surface area (Å²) in [5.41, 5.74) is 1.69. The first-order valence-electron chi connectivity index (χ1n) is 7.08. The number of nitrogens with one attached hydrogen (secondary N) is 1. The largest absolute Gasteiger partial charge is 0.383 e. The number of anilines is 1. The van der Waals surface area contributed by atoms with Gasteiger partial charge in [0.25, 0.3) is 0 Å². The number of benzene rings is 1. The zero-order valence-corrected chi connectivity index (χ0v) is 13.9. The molecule has 20 heavy (non-hydrogen) atoms. The predicted molar refractivity (Wildman–Crippen MR) is 88.4 cm³/mol. The van der Waals surface area contributed by atoms with Gasteiger partial charge in [0.1, 0.15) is 6.07 Å². The molecule has 0 saturated carbocycles. The van der Waals surface area contributed by atoms with E-state index in [0.717, 1.165) is 29.2 Å². The van der Waals surface area contributed by atoms with E-state index in [-0.39, 0.29) is 0 Å². The highest BCUT2D eigenvalue weighted by atomic mass is 32.2. The lowest BCUT2D eigenvalue weighted by molar-refractivity contribution is 0.182. The molecule has 3 nitrogen and oxygen atoms in total. The Morgan fingerprint density at radius 1 is 1.25 bits per heavy atom. The molecule has 0 atom stereocenters. The van der Waals surface area contributed by atoms with Crippen LogP contribution in [0.1, 0.15) is 33.3 Å². The molecule has 0 saturated heterocycles. The molecule has 0 unspecified atom stereocenters. The molecular weight excluding hydrogens is 266 g/mol. The van der Waals surface area contributed by atoms with Crippen LogP contribution in [0.25, 0.3) is 0 Å². The zero-order chi connectivity index (χ0) is 15.1. The first kappa shape index (κ1) is 16.9. The summed E-state index contributed by atoms with van der Waals surface area (Å²) >= 11 is 1.61. The van der Waals surface area contributed by atoms with Crippen molar-refractivity contribution in [2.45, 2.75) is 44.7 Å². The molecule has 0 amide bonds. The molecule has 0 radical (unpaired) electrons. The highest BCUT2D eigenvalue weighted by Crippen LogP contribution is 2.26. The minimum absolute atomic E-state index is 0.532. The number of nitrogens with zero attached hydrogens (tertiary/aromatic N) is 2. The van der Waals surface area contributed by atoms with E-state index in [1.54, 1.807) is 11.8 Å². The van der Waals surface area contributed by atoms with Crippen LogP contribution in [-0.2, 0) is 0 Å². The van der Waals surface area contributed by atoms with Gasteiger partial charge in [0.15, 0.2) is 0 Å². The average molecular weight is 291 g/mol. The van der Waals surface area contributed by atoms with Crippen LogP contribution in [-0.4, -0.2) is 36.3 Å². The van der Waals surface area contributed by atoms with E-state index in [4.69, 9.17) is 0 Å². The Hall–Kier alpha value is -1.18.